The van der Waals surface area contributed by atoms with Crippen LogP contribution in [0.15, 0.2) is 12.1 Å². The van der Waals surface area contributed by atoms with Crippen LogP contribution in [0.5, 0.6) is 5.75 Å². The van der Waals surface area contributed by atoms with Crippen molar-refractivity contribution in [3.63, 3.8) is 0 Å². The molecule has 0 aliphatic rings. The molecular weight excluding hydrogens is 201 g/mol. The number of benzene rings is 1. The van der Waals surface area contributed by atoms with Gasteiger partial charge >= 0.3 is 5.69 Å². The molecule has 0 N–H and O–H groups in total. The third kappa shape index (κ3) is 1.86. The van der Waals surface area contributed by atoms with Crippen molar-refractivity contribution in [2.24, 2.45) is 0 Å². The van der Waals surface area contributed by atoms with Gasteiger partial charge in [0.25, 0.3) is 0 Å². The number of hydrogen-bond donors (Lipinski definition) is 0. The number of methoxy groups -OCH3 is 1. The van der Waals surface area contributed by atoms with E-state index in [0.29, 0.717) is 0 Å². The summed E-state index contributed by atoms with van der Waals surface area (Å²) in [6, 6.07) is 1.71. The summed E-state index contributed by atoms with van der Waals surface area (Å²) >= 11 is 5.51. The second kappa shape index (κ2) is 3.57. The van der Waals surface area contributed by atoms with Crippen LogP contribution < -0.4 is 4.74 Å². The molecule has 6 heteroatoms. The maximum Gasteiger partial charge on any atom is 0.315 e. The number of hydrogen-bond acceptors (Lipinski definition) is 3. The predicted molar refractivity (Wildman–Crippen MR) is 44.6 cm³/mol. The highest BCUT2D eigenvalue weighted by molar-refractivity contribution is 6.32. The number of halogens is 2. The van der Waals surface area contributed by atoms with Crippen LogP contribution in [0.25, 0.3) is 0 Å². The molecule has 0 unspecified atom stereocenters. The fraction of sp³-hybridized carbons (Fsp3) is 0.143. The molecule has 0 fully saturated rings. The lowest BCUT2D eigenvalue weighted by Gasteiger charge is -2.02. The maximum atomic E-state index is 12.7. The Morgan fingerprint density at radius 2 is 2.23 bits per heavy atom. The molecule has 0 saturated heterocycles. The molecule has 0 bridgehead atoms. The highest BCUT2D eigenvalue weighted by atomic mass is 35.5. The van der Waals surface area contributed by atoms with E-state index in [-0.39, 0.29) is 10.8 Å². The van der Waals surface area contributed by atoms with Gasteiger partial charge in [-0.05, 0) is 6.07 Å². The fourth-order valence-corrected chi connectivity index (χ4v) is 1.16. The highest BCUT2D eigenvalue weighted by Crippen LogP contribution is 2.35. The van der Waals surface area contributed by atoms with E-state index in [0.717, 1.165) is 12.1 Å². The zero-order valence-electron chi connectivity index (χ0n) is 6.58. The van der Waals surface area contributed by atoms with E-state index in [1.807, 2.05) is 0 Å². The van der Waals surface area contributed by atoms with Gasteiger partial charge in [-0.15, -0.1) is 0 Å². The van der Waals surface area contributed by atoms with Gasteiger partial charge in [-0.1, -0.05) is 11.6 Å². The quantitative estimate of drug-likeness (QED) is 0.550. The van der Waals surface area contributed by atoms with Crippen LogP contribution in [0.3, 0.4) is 0 Å². The van der Waals surface area contributed by atoms with Crippen molar-refractivity contribution < 1.29 is 14.1 Å². The standard InChI is InChI=1S/C7H5ClFNO3/c1-13-7-5(8)2-4(9)3-6(7)10(11)12/h2-3H,1H3. The minimum absolute atomic E-state index is 0.116. The van der Waals surface area contributed by atoms with Crippen molar-refractivity contribution in [3.05, 3.63) is 33.1 Å². The average Bonchev–Trinajstić information content (AvgIpc) is 2.02. The van der Waals surface area contributed by atoms with Crippen molar-refractivity contribution in [2.45, 2.75) is 0 Å². The van der Waals surface area contributed by atoms with Crippen LogP contribution in [-0.2, 0) is 0 Å². The SMILES string of the molecule is COc1c(Cl)cc(F)cc1[N+](=O)[O-]. The molecule has 1 rings (SSSR count). The predicted octanol–water partition coefficient (Wildman–Crippen LogP) is 2.40. The van der Waals surface area contributed by atoms with Crippen LogP contribution in [0.2, 0.25) is 5.02 Å². The van der Waals surface area contributed by atoms with Crippen molar-refractivity contribution in [1.29, 1.82) is 0 Å². The zero-order chi connectivity index (χ0) is 10.0. The van der Waals surface area contributed by atoms with Gasteiger partial charge in [0.2, 0.25) is 5.75 Å². The van der Waals surface area contributed by atoms with Gasteiger partial charge in [0, 0.05) is 0 Å². The normalized spacial score (nSPS) is 9.77. The Morgan fingerprint density at radius 3 is 2.69 bits per heavy atom. The topological polar surface area (TPSA) is 52.4 Å². The van der Waals surface area contributed by atoms with Crippen LogP contribution in [0.1, 0.15) is 0 Å². The summed E-state index contributed by atoms with van der Waals surface area (Å²) in [5.41, 5.74) is -0.479. The molecule has 0 aromatic heterocycles. The minimum Gasteiger partial charge on any atom is -0.489 e. The molecule has 0 heterocycles. The molecular formula is C7H5ClFNO3. The molecule has 0 saturated carbocycles. The van der Waals surface area contributed by atoms with Crippen LogP contribution in [0.4, 0.5) is 10.1 Å². The monoisotopic (exact) mass is 205 g/mol. The Morgan fingerprint density at radius 1 is 1.62 bits per heavy atom. The summed E-state index contributed by atoms with van der Waals surface area (Å²) in [5, 5.41) is 10.3. The first-order valence-electron chi connectivity index (χ1n) is 3.23. The van der Waals surface area contributed by atoms with E-state index in [4.69, 9.17) is 11.6 Å². The van der Waals surface area contributed by atoms with E-state index >= 15 is 0 Å². The first-order chi connectivity index (χ1) is 6.06. The second-order valence-corrected chi connectivity index (χ2v) is 2.60. The molecule has 0 aliphatic carbocycles. The highest BCUT2D eigenvalue weighted by Gasteiger charge is 2.19. The Bertz CT molecular complexity index is 356. The molecule has 1 aromatic rings. The minimum atomic E-state index is -0.766. The summed E-state index contributed by atoms with van der Waals surface area (Å²) in [5.74, 6) is -0.898. The number of nitro groups is 1. The maximum absolute atomic E-state index is 12.7. The summed E-state index contributed by atoms with van der Waals surface area (Å²) in [7, 11) is 1.23. The van der Waals surface area contributed by atoms with Gasteiger partial charge < -0.3 is 4.74 Å². The van der Waals surface area contributed by atoms with Gasteiger partial charge in [-0.3, -0.25) is 10.1 Å². The van der Waals surface area contributed by atoms with Crippen molar-refractivity contribution in [2.75, 3.05) is 7.11 Å². The van der Waals surface area contributed by atoms with Crippen molar-refractivity contribution in [3.8, 4) is 5.75 Å². The summed E-state index contributed by atoms with van der Waals surface area (Å²) in [6.45, 7) is 0. The lowest BCUT2D eigenvalue weighted by Crippen LogP contribution is -1.95. The third-order valence-corrected chi connectivity index (χ3v) is 1.67. The van der Waals surface area contributed by atoms with Crippen LogP contribution in [0, 0.1) is 15.9 Å². The Labute approximate surface area is 78.0 Å². The van der Waals surface area contributed by atoms with E-state index in [9.17, 15) is 14.5 Å². The largest absolute Gasteiger partial charge is 0.489 e. The van der Waals surface area contributed by atoms with Crippen LogP contribution in [-0.4, -0.2) is 12.0 Å². The number of nitrogens with zero attached hydrogens (tertiary/aromatic N) is 1. The van der Waals surface area contributed by atoms with Gasteiger partial charge in [0.1, 0.15) is 5.82 Å². The Balaban J connectivity index is 3.38. The third-order valence-electron chi connectivity index (χ3n) is 1.39. The summed E-state index contributed by atoms with van der Waals surface area (Å²) in [6.07, 6.45) is 0. The second-order valence-electron chi connectivity index (χ2n) is 2.20. The lowest BCUT2D eigenvalue weighted by molar-refractivity contribution is -0.385. The Kier molecular flexibility index (Phi) is 2.67. The summed E-state index contributed by atoms with van der Waals surface area (Å²) in [4.78, 5) is 9.63. The molecule has 0 spiro atoms. The van der Waals surface area contributed by atoms with E-state index < -0.39 is 16.4 Å². The molecule has 70 valence electrons. The molecule has 0 aliphatic heterocycles. The van der Waals surface area contributed by atoms with Gasteiger partial charge in [0.15, 0.2) is 0 Å². The molecule has 0 amide bonds. The smallest absolute Gasteiger partial charge is 0.315 e. The first-order valence-corrected chi connectivity index (χ1v) is 3.61. The molecule has 1 aromatic carbocycles. The molecule has 0 atom stereocenters. The van der Waals surface area contributed by atoms with E-state index in [1.54, 1.807) is 0 Å². The summed E-state index contributed by atoms with van der Waals surface area (Å²) < 4.78 is 17.3. The number of nitro benzene ring substituents is 1. The molecule has 13 heavy (non-hydrogen) atoms. The van der Waals surface area contributed by atoms with Gasteiger partial charge in [0.05, 0.1) is 23.1 Å². The van der Waals surface area contributed by atoms with Crippen molar-refractivity contribution in [1.82, 2.24) is 0 Å². The van der Waals surface area contributed by atoms with Crippen LogP contribution >= 0.6 is 11.6 Å². The molecule has 0 radical (unpaired) electrons. The van der Waals surface area contributed by atoms with Crippen molar-refractivity contribution >= 4 is 17.3 Å². The molecule has 4 nitrogen and oxygen atoms in total. The Hall–Kier alpha value is -1.36. The zero-order valence-corrected chi connectivity index (χ0v) is 7.34. The average molecular weight is 206 g/mol. The van der Waals surface area contributed by atoms with Gasteiger partial charge in [-0.2, -0.15) is 0 Å². The number of ether oxygens (including phenoxy) is 1. The van der Waals surface area contributed by atoms with E-state index in [1.165, 1.54) is 7.11 Å². The first kappa shape index (κ1) is 9.73. The lowest BCUT2D eigenvalue weighted by atomic mass is 10.3. The number of rotatable bonds is 2. The van der Waals surface area contributed by atoms with E-state index in [2.05, 4.69) is 4.74 Å². The fourth-order valence-electron chi connectivity index (χ4n) is 0.884. The van der Waals surface area contributed by atoms with Gasteiger partial charge in [-0.25, -0.2) is 4.39 Å².